The topological polar surface area (TPSA) is 60.5 Å². The summed E-state index contributed by atoms with van der Waals surface area (Å²) in [7, 11) is 0. The van der Waals surface area contributed by atoms with Gasteiger partial charge in [-0.25, -0.2) is 4.98 Å². The van der Waals surface area contributed by atoms with Crippen molar-refractivity contribution in [2.45, 2.75) is 19.1 Å². The molecule has 1 aliphatic heterocycles. The van der Waals surface area contributed by atoms with Crippen LogP contribution in [0.2, 0.25) is 0 Å². The molecule has 0 unspecified atom stereocenters. The molecule has 0 aliphatic carbocycles. The Bertz CT molecular complexity index is 855. The number of fused-ring (bicyclic) bond motifs is 1. The van der Waals surface area contributed by atoms with Gasteiger partial charge in [0.1, 0.15) is 18.1 Å². The maximum atomic E-state index is 12.6. The number of ether oxygens (including phenoxy) is 2. The summed E-state index contributed by atoms with van der Waals surface area (Å²) < 4.78 is 11.5. The molecular formula is C19H16N2O3S. The summed E-state index contributed by atoms with van der Waals surface area (Å²) >= 11 is 1.52. The van der Waals surface area contributed by atoms with Gasteiger partial charge in [-0.05, 0) is 23.8 Å². The molecule has 1 aliphatic rings. The lowest BCUT2D eigenvalue weighted by molar-refractivity contribution is -0.122. The van der Waals surface area contributed by atoms with Gasteiger partial charge in [0.25, 0.3) is 5.91 Å². The first-order valence-electron chi connectivity index (χ1n) is 7.94. The molecular weight excluding hydrogens is 336 g/mol. The van der Waals surface area contributed by atoms with Crippen LogP contribution >= 0.6 is 11.3 Å². The Morgan fingerprint density at radius 1 is 1.24 bits per heavy atom. The summed E-state index contributed by atoms with van der Waals surface area (Å²) in [5.74, 6) is 1.20. The first-order chi connectivity index (χ1) is 12.3. The Kier molecular flexibility index (Phi) is 4.35. The number of aromatic nitrogens is 1. The van der Waals surface area contributed by atoms with Crippen molar-refractivity contribution < 1.29 is 14.3 Å². The Morgan fingerprint density at radius 3 is 2.92 bits per heavy atom. The number of thiazole rings is 1. The van der Waals surface area contributed by atoms with Crippen molar-refractivity contribution in [3.05, 3.63) is 70.7 Å². The number of anilines is 1. The lowest BCUT2D eigenvalue weighted by Crippen LogP contribution is -2.31. The lowest BCUT2D eigenvalue weighted by Gasteiger charge is -2.14. The second-order valence-corrected chi connectivity index (χ2v) is 6.39. The number of hydrogen-bond acceptors (Lipinski definition) is 5. The van der Waals surface area contributed by atoms with Crippen LogP contribution in [0.15, 0.2) is 59.4 Å². The molecule has 2 heterocycles. The van der Waals surface area contributed by atoms with Gasteiger partial charge in [-0.2, -0.15) is 0 Å². The molecule has 1 N–H and O–H groups in total. The molecule has 0 spiro atoms. The largest absolute Gasteiger partial charge is 0.485 e. The fraction of sp³-hybridized carbons (Fsp3) is 0.158. The van der Waals surface area contributed by atoms with Gasteiger partial charge in [0.2, 0.25) is 0 Å². The number of benzene rings is 2. The van der Waals surface area contributed by atoms with Crippen LogP contribution in [0, 0.1) is 0 Å². The van der Waals surface area contributed by atoms with E-state index in [0.29, 0.717) is 24.5 Å². The minimum atomic E-state index is -0.524. The molecule has 126 valence electrons. The Morgan fingerprint density at radius 2 is 2.08 bits per heavy atom. The van der Waals surface area contributed by atoms with Crippen molar-refractivity contribution in [3.8, 4) is 11.5 Å². The molecule has 2 aromatic carbocycles. The van der Waals surface area contributed by atoms with Crippen LogP contribution in [0.1, 0.15) is 11.3 Å². The van der Waals surface area contributed by atoms with Crippen molar-refractivity contribution in [1.82, 2.24) is 4.98 Å². The molecule has 6 heteroatoms. The SMILES string of the molecule is O=C(Nc1ccccc1OCc1cscn1)[C@H]1Cc2ccccc2O1. The summed E-state index contributed by atoms with van der Waals surface area (Å²) in [6.07, 6.45) is 0.0492. The molecule has 4 rings (SSSR count). The monoisotopic (exact) mass is 352 g/mol. The maximum Gasteiger partial charge on any atom is 0.265 e. The van der Waals surface area contributed by atoms with Crippen LogP contribution in [-0.4, -0.2) is 17.0 Å². The average Bonchev–Trinajstić information content (AvgIpc) is 3.30. The van der Waals surface area contributed by atoms with E-state index in [1.54, 1.807) is 5.51 Å². The highest BCUT2D eigenvalue weighted by molar-refractivity contribution is 7.07. The van der Waals surface area contributed by atoms with Gasteiger partial charge < -0.3 is 14.8 Å². The summed E-state index contributed by atoms with van der Waals surface area (Å²) in [5.41, 5.74) is 4.31. The van der Waals surface area contributed by atoms with Gasteiger partial charge in [-0.1, -0.05) is 30.3 Å². The number of nitrogens with zero attached hydrogens (tertiary/aromatic N) is 1. The van der Waals surface area contributed by atoms with Crippen molar-refractivity contribution >= 4 is 22.9 Å². The van der Waals surface area contributed by atoms with Crippen LogP contribution in [-0.2, 0) is 17.8 Å². The Labute approximate surface area is 149 Å². The van der Waals surface area contributed by atoms with Crippen LogP contribution in [0.5, 0.6) is 11.5 Å². The van der Waals surface area contributed by atoms with Crippen molar-refractivity contribution in [3.63, 3.8) is 0 Å². The van der Waals surface area contributed by atoms with E-state index in [1.165, 1.54) is 11.3 Å². The normalized spacial score (nSPS) is 15.3. The predicted molar refractivity (Wildman–Crippen MR) is 96.1 cm³/mol. The first kappa shape index (κ1) is 15.7. The van der Waals surface area contributed by atoms with Crippen LogP contribution < -0.4 is 14.8 Å². The fourth-order valence-electron chi connectivity index (χ4n) is 2.70. The number of carbonyl (C=O) groups is 1. The third kappa shape index (κ3) is 3.49. The van der Waals surface area contributed by atoms with Crippen LogP contribution in [0.4, 0.5) is 5.69 Å². The molecule has 0 radical (unpaired) electrons. The summed E-state index contributed by atoms with van der Waals surface area (Å²) in [6, 6.07) is 15.1. The quantitative estimate of drug-likeness (QED) is 0.761. The molecule has 1 atom stereocenters. The minimum absolute atomic E-state index is 0.180. The van der Waals surface area contributed by atoms with Crippen molar-refractivity contribution in [1.29, 1.82) is 0 Å². The number of rotatable bonds is 5. The third-order valence-electron chi connectivity index (χ3n) is 3.94. The molecule has 25 heavy (non-hydrogen) atoms. The van der Waals surface area contributed by atoms with E-state index in [0.717, 1.165) is 17.0 Å². The standard InChI is InChI=1S/C19H16N2O3S/c22-19(18-9-13-5-1-3-7-16(13)24-18)21-15-6-2-4-8-17(15)23-10-14-11-25-12-20-14/h1-8,11-12,18H,9-10H2,(H,21,22)/t18-/m1/s1. The zero-order valence-corrected chi connectivity index (χ0v) is 14.2. The van der Waals surface area contributed by atoms with E-state index in [9.17, 15) is 4.79 Å². The van der Waals surface area contributed by atoms with Crippen LogP contribution in [0.25, 0.3) is 0 Å². The molecule has 0 saturated heterocycles. The van der Waals surface area contributed by atoms with Gasteiger partial charge >= 0.3 is 0 Å². The van der Waals surface area contributed by atoms with E-state index < -0.39 is 6.10 Å². The number of carbonyl (C=O) groups excluding carboxylic acids is 1. The second-order valence-electron chi connectivity index (χ2n) is 5.67. The second kappa shape index (κ2) is 6.94. The van der Waals surface area contributed by atoms with Crippen LogP contribution in [0.3, 0.4) is 0 Å². The molecule has 0 saturated carbocycles. The molecule has 1 aromatic heterocycles. The van der Waals surface area contributed by atoms with E-state index in [4.69, 9.17) is 9.47 Å². The first-order valence-corrected chi connectivity index (χ1v) is 8.88. The molecule has 0 fully saturated rings. The van der Waals surface area contributed by atoms with Gasteiger partial charge in [0, 0.05) is 11.8 Å². The van der Waals surface area contributed by atoms with Gasteiger partial charge in [-0.3, -0.25) is 4.79 Å². The predicted octanol–water partition coefficient (Wildman–Crippen LogP) is 3.66. The highest BCUT2D eigenvalue weighted by atomic mass is 32.1. The minimum Gasteiger partial charge on any atom is -0.485 e. The highest BCUT2D eigenvalue weighted by Gasteiger charge is 2.29. The van der Waals surface area contributed by atoms with Gasteiger partial charge in [0.15, 0.2) is 6.10 Å². The lowest BCUT2D eigenvalue weighted by atomic mass is 10.1. The zero-order chi connectivity index (χ0) is 17.1. The Hall–Kier alpha value is -2.86. The third-order valence-corrected chi connectivity index (χ3v) is 4.58. The zero-order valence-electron chi connectivity index (χ0n) is 13.3. The number of para-hydroxylation sites is 3. The molecule has 0 bridgehead atoms. The van der Waals surface area contributed by atoms with Gasteiger partial charge in [0.05, 0.1) is 16.9 Å². The van der Waals surface area contributed by atoms with Crippen molar-refractivity contribution in [2.75, 3.05) is 5.32 Å². The molecule has 3 aromatic rings. The maximum absolute atomic E-state index is 12.6. The van der Waals surface area contributed by atoms with E-state index in [1.807, 2.05) is 53.9 Å². The molecule has 5 nitrogen and oxygen atoms in total. The van der Waals surface area contributed by atoms with Gasteiger partial charge in [-0.15, -0.1) is 11.3 Å². The average molecular weight is 352 g/mol. The number of hydrogen-bond donors (Lipinski definition) is 1. The number of nitrogens with one attached hydrogen (secondary N) is 1. The summed E-state index contributed by atoms with van der Waals surface area (Å²) in [6.45, 7) is 0.363. The van der Waals surface area contributed by atoms with E-state index in [-0.39, 0.29) is 5.91 Å². The summed E-state index contributed by atoms with van der Waals surface area (Å²) in [5, 5.41) is 4.85. The smallest absolute Gasteiger partial charge is 0.265 e. The molecule has 1 amide bonds. The Balaban J connectivity index is 1.43. The highest BCUT2D eigenvalue weighted by Crippen LogP contribution is 2.30. The number of amides is 1. The summed E-state index contributed by atoms with van der Waals surface area (Å²) in [4.78, 5) is 16.8. The fourth-order valence-corrected chi connectivity index (χ4v) is 3.24. The van der Waals surface area contributed by atoms with E-state index >= 15 is 0 Å². The van der Waals surface area contributed by atoms with E-state index in [2.05, 4.69) is 10.3 Å². The van der Waals surface area contributed by atoms with Crippen molar-refractivity contribution in [2.24, 2.45) is 0 Å².